The average molecular weight is 258 g/mol. The number of carbonyl (C=O) groups excluding carboxylic acids is 1. The van der Waals surface area contributed by atoms with Gasteiger partial charge in [-0.2, -0.15) is 11.8 Å². The Labute approximate surface area is 109 Å². The molecule has 0 heterocycles. The summed E-state index contributed by atoms with van der Waals surface area (Å²) in [7, 11) is 0. The number of hydrogen-bond acceptors (Lipinski definition) is 3. The lowest BCUT2D eigenvalue weighted by Gasteiger charge is -2.21. The van der Waals surface area contributed by atoms with Gasteiger partial charge in [0.25, 0.3) is 0 Å². The van der Waals surface area contributed by atoms with Crippen LogP contribution in [0.2, 0.25) is 0 Å². The standard InChI is InChI=1S/C13H26N2OS/c1-4-17-9-10(2)14-11(3)13(16)15-12-7-5-6-8-12/h10-12,14H,4-9H2,1-3H3,(H,15,16). The summed E-state index contributed by atoms with van der Waals surface area (Å²) in [5, 5.41) is 6.49. The van der Waals surface area contributed by atoms with Gasteiger partial charge in [-0.3, -0.25) is 4.79 Å². The number of thioether (sulfide) groups is 1. The van der Waals surface area contributed by atoms with Gasteiger partial charge < -0.3 is 10.6 Å². The van der Waals surface area contributed by atoms with Crippen molar-refractivity contribution in [2.24, 2.45) is 0 Å². The summed E-state index contributed by atoms with van der Waals surface area (Å²) in [5.41, 5.74) is 0. The summed E-state index contributed by atoms with van der Waals surface area (Å²) < 4.78 is 0. The molecule has 17 heavy (non-hydrogen) atoms. The van der Waals surface area contributed by atoms with Gasteiger partial charge in [0.1, 0.15) is 0 Å². The highest BCUT2D eigenvalue weighted by Crippen LogP contribution is 2.17. The number of hydrogen-bond donors (Lipinski definition) is 2. The molecule has 1 saturated carbocycles. The number of nitrogens with one attached hydrogen (secondary N) is 2. The molecule has 0 aliphatic heterocycles. The van der Waals surface area contributed by atoms with Crippen LogP contribution in [-0.2, 0) is 4.79 Å². The van der Waals surface area contributed by atoms with E-state index in [2.05, 4.69) is 24.5 Å². The fourth-order valence-electron chi connectivity index (χ4n) is 2.24. The van der Waals surface area contributed by atoms with Crippen molar-refractivity contribution < 1.29 is 4.79 Å². The molecule has 0 spiro atoms. The molecule has 1 amide bonds. The van der Waals surface area contributed by atoms with Gasteiger partial charge in [-0.15, -0.1) is 0 Å². The highest BCUT2D eigenvalue weighted by Gasteiger charge is 2.21. The summed E-state index contributed by atoms with van der Waals surface area (Å²) in [6.45, 7) is 6.26. The van der Waals surface area contributed by atoms with Crippen molar-refractivity contribution in [2.45, 2.75) is 64.6 Å². The second-order valence-electron chi connectivity index (χ2n) is 4.94. The van der Waals surface area contributed by atoms with Crippen LogP contribution in [0.25, 0.3) is 0 Å². The molecule has 1 aliphatic rings. The van der Waals surface area contributed by atoms with Crippen molar-refractivity contribution >= 4 is 17.7 Å². The molecule has 2 unspecified atom stereocenters. The van der Waals surface area contributed by atoms with Gasteiger partial charge in [-0.05, 0) is 32.4 Å². The van der Waals surface area contributed by atoms with Crippen LogP contribution in [0.1, 0.15) is 46.5 Å². The Morgan fingerprint density at radius 2 is 2.00 bits per heavy atom. The molecule has 0 aromatic heterocycles. The van der Waals surface area contributed by atoms with E-state index >= 15 is 0 Å². The van der Waals surface area contributed by atoms with Crippen molar-refractivity contribution in [1.82, 2.24) is 10.6 Å². The fraction of sp³-hybridized carbons (Fsp3) is 0.923. The van der Waals surface area contributed by atoms with E-state index in [1.165, 1.54) is 12.8 Å². The van der Waals surface area contributed by atoms with Crippen molar-refractivity contribution in [3.05, 3.63) is 0 Å². The summed E-state index contributed by atoms with van der Waals surface area (Å²) in [6, 6.07) is 0.736. The van der Waals surface area contributed by atoms with Crippen LogP contribution >= 0.6 is 11.8 Å². The highest BCUT2D eigenvalue weighted by molar-refractivity contribution is 7.99. The van der Waals surface area contributed by atoms with Crippen molar-refractivity contribution in [1.29, 1.82) is 0 Å². The minimum Gasteiger partial charge on any atom is -0.352 e. The molecule has 100 valence electrons. The first-order chi connectivity index (χ1) is 8.13. The van der Waals surface area contributed by atoms with Crippen LogP contribution in [-0.4, -0.2) is 35.5 Å². The van der Waals surface area contributed by atoms with Gasteiger partial charge >= 0.3 is 0 Å². The average Bonchev–Trinajstić information content (AvgIpc) is 2.78. The molecular weight excluding hydrogens is 232 g/mol. The summed E-state index contributed by atoms with van der Waals surface area (Å²) in [4.78, 5) is 11.9. The highest BCUT2D eigenvalue weighted by atomic mass is 32.2. The molecule has 0 radical (unpaired) electrons. The van der Waals surface area contributed by atoms with E-state index < -0.39 is 0 Å². The summed E-state index contributed by atoms with van der Waals surface area (Å²) in [6.07, 6.45) is 4.83. The zero-order valence-electron chi connectivity index (χ0n) is 11.3. The third kappa shape index (κ3) is 5.77. The number of carbonyl (C=O) groups is 1. The Kier molecular flexibility index (Phi) is 6.97. The lowest BCUT2D eigenvalue weighted by Crippen LogP contribution is -2.48. The van der Waals surface area contributed by atoms with E-state index in [4.69, 9.17) is 0 Å². The Balaban J connectivity index is 2.20. The van der Waals surface area contributed by atoms with Crippen LogP contribution in [0.5, 0.6) is 0 Å². The topological polar surface area (TPSA) is 41.1 Å². The maximum absolute atomic E-state index is 11.9. The summed E-state index contributed by atoms with van der Waals surface area (Å²) in [5.74, 6) is 2.36. The lowest BCUT2D eigenvalue weighted by atomic mass is 10.2. The van der Waals surface area contributed by atoms with E-state index in [9.17, 15) is 4.79 Å². The van der Waals surface area contributed by atoms with E-state index in [-0.39, 0.29) is 11.9 Å². The quantitative estimate of drug-likeness (QED) is 0.735. The van der Waals surface area contributed by atoms with Crippen LogP contribution < -0.4 is 10.6 Å². The van der Waals surface area contributed by atoms with Crippen LogP contribution in [0.15, 0.2) is 0 Å². The zero-order chi connectivity index (χ0) is 12.7. The van der Waals surface area contributed by atoms with Crippen LogP contribution in [0, 0.1) is 0 Å². The molecule has 1 fully saturated rings. The largest absolute Gasteiger partial charge is 0.352 e. The van der Waals surface area contributed by atoms with E-state index in [1.54, 1.807) is 0 Å². The third-order valence-corrected chi connectivity index (χ3v) is 4.35. The first-order valence-corrected chi connectivity index (χ1v) is 7.93. The minimum absolute atomic E-state index is 0.0805. The molecule has 1 rings (SSSR count). The minimum atomic E-state index is -0.0805. The predicted molar refractivity (Wildman–Crippen MR) is 75.5 cm³/mol. The summed E-state index contributed by atoms with van der Waals surface area (Å²) >= 11 is 1.91. The molecule has 0 aromatic carbocycles. The molecule has 2 N–H and O–H groups in total. The molecular formula is C13H26N2OS. The molecule has 3 nitrogen and oxygen atoms in total. The van der Waals surface area contributed by atoms with Gasteiger partial charge in [0.05, 0.1) is 6.04 Å². The van der Waals surface area contributed by atoms with Gasteiger partial charge in [0.15, 0.2) is 0 Å². The van der Waals surface area contributed by atoms with Crippen LogP contribution in [0.4, 0.5) is 0 Å². The van der Waals surface area contributed by atoms with E-state index in [0.29, 0.717) is 12.1 Å². The van der Waals surface area contributed by atoms with Crippen molar-refractivity contribution in [3.63, 3.8) is 0 Å². The Morgan fingerprint density at radius 3 is 2.59 bits per heavy atom. The van der Waals surface area contributed by atoms with Gasteiger partial charge in [0, 0.05) is 17.8 Å². The molecule has 0 aromatic rings. The molecule has 2 atom stereocenters. The fourth-order valence-corrected chi connectivity index (χ4v) is 2.93. The molecule has 0 bridgehead atoms. The van der Waals surface area contributed by atoms with E-state index in [0.717, 1.165) is 24.3 Å². The van der Waals surface area contributed by atoms with E-state index in [1.807, 2.05) is 18.7 Å². The molecule has 1 aliphatic carbocycles. The molecule has 0 saturated heterocycles. The lowest BCUT2D eigenvalue weighted by molar-refractivity contribution is -0.123. The Morgan fingerprint density at radius 1 is 1.35 bits per heavy atom. The van der Waals surface area contributed by atoms with Crippen LogP contribution in [0.3, 0.4) is 0 Å². The first-order valence-electron chi connectivity index (χ1n) is 6.77. The van der Waals surface area contributed by atoms with Crippen molar-refractivity contribution in [2.75, 3.05) is 11.5 Å². The Bertz CT molecular complexity index is 229. The second-order valence-corrected chi connectivity index (χ2v) is 6.26. The maximum atomic E-state index is 11.9. The zero-order valence-corrected chi connectivity index (χ0v) is 12.1. The second kappa shape index (κ2) is 7.98. The normalized spacial score (nSPS) is 20.2. The Hall–Kier alpha value is -0.220. The smallest absolute Gasteiger partial charge is 0.237 e. The molecule has 4 heteroatoms. The first kappa shape index (κ1) is 14.8. The third-order valence-electron chi connectivity index (χ3n) is 3.20. The number of amides is 1. The number of rotatable bonds is 7. The van der Waals surface area contributed by atoms with Crippen molar-refractivity contribution in [3.8, 4) is 0 Å². The predicted octanol–water partition coefficient (Wildman–Crippen LogP) is 2.16. The maximum Gasteiger partial charge on any atom is 0.237 e. The van der Waals surface area contributed by atoms with Gasteiger partial charge in [0.2, 0.25) is 5.91 Å². The monoisotopic (exact) mass is 258 g/mol. The van der Waals surface area contributed by atoms with Gasteiger partial charge in [-0.1, -0.05) is 19.8 Å². The van der Waals surface area contributed by atoms with Gasteiger partial charge in [-0.25, -0.2) is 0 Å². The SMILES string of the molecule is CCSCC(C)NC(C)C(=O)NC1CCCC1.